The number of fused-ring (bicyclic) bond motifs is 2. The summed E-state index contributed by atoms with van der Waals surface area (Å²) in [4.78, 5) is 12.0. The summed E-state index contributed by atoms with van der Waals surface area (Å²) in [7, 11) is 0. The third kappa shape index (κ3) is 3.65. The summed E-state index contributed by atoms with van der Waals surface area (Å²) in [6.07, 6.45) is -4.88. The number of ether oxygens (including phenoxy) is 1. The molecule has 182 valence electrons. The fourth-order valence-electron chi connectivity index (χ4n) is 4.34. The van der Waals surface area contributed by atoms with E-state index in [2.05, 4.69) is 4.74 Å². The van der Waals surface area contributed by atoms with E-state index in [1.54, 1.807) is 6.92 Å². The van der Waals surface area contributed by atoms with Gasteiger partial charge in [0.15, 0.2) is 6.61 Å². The van der Waals surface area contributed by atoms with Crippen LogP contribution >= 0.6 is 0 Å². The molecule has 0 aliphatic heterocycles. The summed E-state index contributed by atoms with van der Waals surface area (Å²) >= 11 is 0. The molecular formula is C17H18F12O2. The first kappa shape index (κ1) is 25.9. The quantitative estimate of drug-likeness (QED) is 0.318. The Balaban J connectivity index is 2.17. The van der Waals surface area contributed by atoms with Gasteiger partial charge < -0.3 is 4.74 Å². The second-order valence-electron chi connectivity index (χ2n) is 8.18. The molecule has 0 amide bonds. The van der Waals surface area contributed by atoms with Gasteiger partial charge in [0.1, 0.15) is 0 Å². The van der Waals surface area contributed by atoms with Gasteiger partial charge in [-0.2, -0.15) is 43.9 Å². The third-order valence-electron chi connectivity index (χ3n) is 6.54. The predicted octanol–water partition coefficient (Wildman–Crippen LogP) is 5.90. The highest BCUT2D eigenvalue weighted by atomic mass is 19.4. The molecule has 2 bridgehead atoms. The maximum Gasteiger partial charge on any atom is 0.384 e. The van der Waals surface area contributed by atoms with Gasteiger partial charge in [0.05, 0.1) is 5.92 Å². The topological polar surface area (TPSA) is 26.3 Å². The summed E-state index contributed by atoms with van der Waals surface area (Å²) in [5.41, 5.74) is 0. The van der Waals surface area contributed by atoms with E-state index < -0.39 is 54.5 Å². The summed E-state index contributed by atoms with van der Waals surface area (Å²) in [6, 6.07) is 0. The van der Waals surface area contributed by atoms with Gasteiger partial charge in [0.25, 0.3) is 0 Å². The Bertz CT molecular complexity index is 691. The number of halogens is 12. The fourth-order valence-corrected chi connectivity index (χ4v) is 4.34. The standard InChI is InChI=1S/C17H18F12O2/c1-6-7(2)9-3-8(6)4-10(9)11(30)31-5-13(20,21)15(24,25)17(28,29)16(26,27)14(22,23)12(18)19/h6-10,12H,3-5H2,1-2H3. The van der Waals surface area contributed by atoms with E-state index in [4.69, 9.17) is 0 Å². The van der Waals surface area contributed by atoms with Crippen LogP contribution in [-0.2, 0) is 9.53 Å². The molecule has 2 nitrogen and oxygen atoms in total. The number of carbonyl (C=O) groups excluding carboxylic acids is 1. The Morgan fingerprint density at radius 2 is 1.35 bits per heavy atom. The maximum atomic E-state index is 13.7. The molecule has 0 heterocycles. The van der Waals surface area contributed by atoms with Crippen molar-refractivity contribution in [2.75, 3.05) is 6.61 Å². The van der Waals surface area contributed by atoms with Gasteiger partial charge in [0.2, 0.25) is 0 Å². The lowest BCUT2D eigenvalue weighted by Crippen LogP contribution is -2.69. The molecule has 0 aromatic carbocycles. The van der Waals surface area contributed by atoms with E-state index in [0.29, 0.717) is 6.42 Å². The molecule has 2 fully saturated rings. The van der Waals surface area contributed by atoms with Crippen molar-refractivity contribution in [2.24, 2.45) is 29.6 Å². The lowest BCUT2D eigenvalue weighted by molar-refractivity contribution is -0.414. The van der Waals surface area contributed by atoms with Crippen molar-refractivity contribution in [3.8, 4) is 0 Å². The molecule has 2 rings (SSSR count). The predicted molar refractivity (Wildman–Crippen MR) is 79.7 cm³/mol. The molecule has 0 aromatic rings. The van der Waals surface area contributed by atoms with Gasteiger partial charge in [-0.3, -0.25) is 4.79 Å². The smallest absolute Gasteiger partial charge is 0.384 e. The first-order chi connectivity index (χ1) is 13.7. The Morgan fingerprint density at radius 3 is 1.77 bits per heavy atom. The lowest BCUT2D eigenvalue weighted by atomic mass is 9.76. The van der Waals surface area contributed by atoms with Crippen LogP contribution in [0.1, 0.15) is 26.7 Å². The highest BCUT2D eigenvalue weighted by Gasteiger charge is 2.88. The van der Waals surface area contributed by atoms with Crippen molar-refractivity contribution >= 4 is 5.97 Å². The normalized spacial score (nSPS) is 30.2. The molecule has 0 saturated heterocycles. The van der Waals surface area contributed by atoms with Crippen molar-refractivity contribution in [2.45, 2.75) is 62.7 Å². The van der Waals surface area contributed by atoms with Gasteiger partial charge in [-0.05, 0) is 36.5 Å². The molecule has 2 saturated carbocycles. The number of hydrogen-bond donors (Lipinski definition) is 0. The van der Waals surface area contributed by atoms with Gasteiger partial charge in [0, 0.05) is 0 Å². The van der Waals surface area contributed by atoms with Crippen LogP contribution in [0.3, 0.4) is 0 Å². The molecule has 0 spiro atoms. The Labute approximate surface area is 168 Å². The van der Waals surface area contributed by atoms with E-state index in [0.717, 1.165) is 0 Å². The number of hydrogen-bond acceptors (Lipinski definition) is 2. The molecule has 0 radical (unpaired) electrons. The van der Waals surface area contributed by atoms with Crippen LogP contribution in [0.15, 0.2) is 0 Å². The Kier molecular flexibility index (Phi) is 6.35. The summed E-state index contributed by atoms with van der Waals surface area (Å²) < 4.78 is 161. The maximum absolute atomic E-state index is 13.7. The van der Waals surface area contributed by atoms with Gasteiger partial charge in [-0.15, -0.1) is 0 Å². The Hall–Kier alpha value is -1.37. The average molecular weight is 482 g/mol. The van der Waals surface area contributed by atoms with Crippen LogP contribution < -0.4 is 0 Å². The number of esters is 1. The lowest BCUT2D eigenvalue weighted by Gasteiger charge is -2.39. The molecule has 0 N–H and O–H groups in total. The number of alkyl halides is 12. The average Bonchev–Trinajstić information content (AvgIpc) is 3.19. The minimum Gasteiger partial charge on any atom is -0.459 e. The first-order valence-corrected chi connectivity index (χ1v) is 9.08. The van der Waals surface area contributed by atoms with Crippen molar-refractivity contribution in [1.82, 2.24) is 0 Å². The summed E-state index contributed by atoms with van der Waals surface area (Å²) in [5, 5.41) is 0. The molecular weight excluding hydrogens is 464 g/mol. The molecule has 2 aliphatic rings. The zero-order valence-corrected chi connectivity index (χ0v) is 15.9. The van der Waals surface area contributed by atoms with E-state index >= 15 is 0 Å². The number of carbonyl (C=O) groups is 1. The van der Waals surface area contributed by atoms with Gasteiger partial charge >= 0.3 is 42.0 Å². The van der Waals surface area contributed by atoms with Crippen LogP contribution in [0, 0.1) is 29.6 Å². The van der Waals surface area contributed by atoms with E-state index in [1.165, 1.54) is 0 Å². The summed E-state index contributed by atoms with van der Waals surface area (Å²) in [6.45, 7) is 0.801. The fraction of sp³-hybridized carbons (Fsp3) is 0.941. The van der Waals surface area contributed by atoms with Crippen LogP contribution in [-0.4, -0.2) is 48.6 Å². The summed E-state index contributed by atoms with van der Waals surface area (Å²) in [5.74, 6) is -38.4. The number of rotatable bonds is 8. The van der Waals surface area contributed by atoms with Crippen molar-refractivity contribution in [3.05, 3.63) is 0 Å². The SMILES string of the molecule is CC1C2CC(C(=O)OCC(F)(F)C(F)(F)C(F)(F)C(F)(F)C(F)(F)C(F)F)C(C2)C1C. The van der Waals surface area contributed by atoms with Crippen LogP contribution in [0.4, 0.5) is 52.7 Å². The van der Waals surface area contributed by atoms with E-state index in [-0.39, 0.29) is 30.1 Å². The molecule has 14 heteroatoms. The van der Waals surface area contributed by atoms with Crippen LogP contribution in [0.5, 0.6) is 0 Å². The largest absolute Gasteiger partial charge is 0.459 e. The van der Waals surface area contributed by atoms with Gasteiger partial charge in [-0.25, -0.2) is 8.78 Å². The first-order valence-electron chi connectivity index (χ1n) is 9.08. The molecule has 5 atom stereocenters. The zero-order chi connectivity index (χ0) is 24.4. The minimum atomic E-state index is -7.62. The van der Waals surface area contributed by atoms with E-state index in [9.17, 15) is 57.5 Å². The van der Waals surface area contributed by atoms with Crippen LogP contribution in [0.25, 0.3) is 0 Å². The van der Waals surface area contributed by atoms with Crippen molar-refractivity contribution < 1.29 is 62.2 Å². The second-order valence-corrected chi connectivity index (χ2v) is 8.18. The molecule has 0 aromatic heterocycles. The van der Waals surface area contributed by atoms with Crippen molar-refractivity contribution in [3.63, 3.8) is 0 Å². The molecule has 2 aliphatic carbocycles. The van der Waals surface area contributed by atoms with E-state index in [1.807, 2.05) is 6.92 Å². The highest BCUT2D eigenvalue weighted by Crippen LogP contribution is 2.58. The van der Waals surface area contributed by atoms with Crippen LogP contribution in [0.2, 0.25) is 0 Å². The molecule has 5 unspecified atom stereocenters. The Morgan fingerprint density at radius 1 is 0.839 bits per heavy atom. The third-order valence-corrected chi connectivity index (χ3v) is 6.54. The monoisotopic (exact) mass is 482 g/mol. The minimum absolute atomic E-state index is 0.0131. The van der Waals surface area contributed by atoms with Gasteiger partial charge in [-0.1, -0.05) is 13.8 Å². The van der Waals surface area contributed by atoms with Crippen molar-refractivity contribution in [1.29, 1.82) is 0 Å². The highest BCUT2D eigenvalue weighted by molar-refractivity contribution is 5.73. The molecule has 31 heavy (non-hydrogen) atoms. The zero-order valence-electron chi connectivity index (χ0n) is 15.9. The second kappa shape index (κ2) is 7.60.